The van der Waals surface area contributed by atoms with E-state index in [1.54, 1.807) is 65.8 Å². The average molecular weight is 579 g/mol. The molecule has 3 atom stereocenters. The van der Waals surface area contributed by atoms with Crippen LogP contribution in [0.5, 0.6) is 0 Å². The summed E-state index contributed by atoms with van der Waals surface area (Å²) in [6.07, 6.45) is 0.0335. The van der Waals surface area contributed by atoms with E-state index in [0.717, 1.165) is 5.56 Å². The van der Waals surface area contributed by atoms with E-state index >= 15 is 0 Å². The number of nitrogens with one attached hydrogen (secondary N) is 5. The van der Waals surface area contributed by atoms with Crippen molar-refractivity contribution in [3.63, 3.8) is 0 Å². The van der Waals surface area contributed by atoms with Gasteiger partial charge in [0.2, 0.25) is 11.8 Å². The van der Waals surface area contributed by atoms with Crippen LogP contribution in [0.4, 0.5) is 9.59 Å². The lowest BCUT2D eigenvalue weighted by Gasteiger charge is -2.25. The average Bonchev–Trinajstić information content (AvgIpc) is 2.85. The third kappa shape index (κ3) is 15.5. The van der Waals surface area contributed by atoms with Crippen LogP contribution in [0, 0.1) is 0 Å². The van der Waals surface area contributed by atoms with Gasteiger partial charge in [0.05, 0.1) is 0 Å². The molecule has 0 saturated heterocycles. The summed E-state index contributed by atoms with van der Waals surface area (Å²) in [4.78, 5) is 62.6. The molecule has 0 radical (unpaired) electrons. The number of carbonyl (C=O) groups is 5. The monoisotopic (exact) mass is 578 g/mol. The van der Waals surface area contributed by atoms with Gasteiger partial charge in [-0.3, -0.25) is 19.8 Å². The fraction of sp³-hybridized carbons (Fsp3) is 0.607. The van der Waals surface area contributed by atoms with Gasteiger partial charge in [0, 0.05) is 13.0 Å². The minimum atomic E-state index is -1.06. The van der Waals surface area contributed by atoms with Crippen molar-refractivity contribution in [2.45, 2.75) is 103 Å². The first-order chi connectivity index (χ1) is 19.0. The predicted octanol–water partition coefficient (Wildman–Crippen LogP) is 1.80. The standard InChI is InChI=1S/C28H46N6O7/c1-18(31-26(39)41-28(5,6)7)22(35)33-21(17-19-13-9-8-10-14-19)23(36)32-20(24(37)34-29)15-11-12-16-30-25(38)40-27(2,3)4/h8-10,13-14,18,20-21H,11-12,15-17,29H2,1-7H3,(H,30,38)(H,31,39)(H,32,36)(H,33,35)(H,34,37). The zero-order valence-corrected chi connectivity index (χ0v) is 25.1. The predicted molar refractivity (Wildman–Crippen MR) is 153 cm³/mol. The van der Waals surface area contributed by atoms with Gasteiger partial charge in [0.25, 0.3) is 5.91 Å². The summed E-state index contributed by atoms with van der Waals surface area (Å²) >= 11 is 0. The summed E-state index contributed by atoms with van der Waals surface area (Å²) in [5, 5.41) is 10.4. The number of amides is 5. The SMILES string of the molecule is CC(NC(=O)OC(C)(C)C)C(=O)NC(Cc1ccccc1)C(=O)NC(CCCCNC(=O)OC(C)(C)C)C(=O)NN. The first-order valence-electron chi connectivity index (χ1n) is 13.6. The first kappa shape index (κ1) is 35.2. The quantitative estimate of drug-likeness (QED) is 0.0883. The molecule has 1 rings (SSSR count). The van der Waals surface area contributed by atoms with Gasteiger partial charge in [-0.05, 0) is 73.3 Å². The number of carbonyl (C=O) groups excluding carboxylic acids is 5. The highest BCUT2D eigenvalue weighted by Gasteiger charge is 2.29. The summed E-state index contributed by atoms with van der Waals surface area (Å²) < 4.78 is 10.4. The maximum absolute atomic E-state index is 13.3. The van der Waals surface area contributed by atoms with Crippen LogP contribution in [0.2, 0.25) is 0 Å². The Morgan fingerprint density at radius 2 is 1.32 bits per heavy atom. The fourth-order valence-electron chi connectivity index (χ4n) is 3.53. The van der Waals surface area contributed by atoms with Gasteiger partial charge >= 0.3 is 12.2 Å². The number of hydrogen-bond acceptors (Lipinski definition) is 8. The van der Waals surface area contributed by atoms with Gasteiger partial charge in [0.1, 0.15) is 29.3 Å². The largest absolute Gasteiger partial charge is 0.444 e. The minimum absolute atomic E-state index is 0.133. The van der Waals surface area contributed by atoms with Crippen LogP contribution in [-0.2, 0) is 30.3 Å². The molecule has 0 aliphatic rings. The van der Waals surface area contributed by atoms with E-state index in [1.165, 1.54) is 6.92 Å². The molecule has 0 spiro atoms. The molecule has 41 heavy (non-hydrogen) atoms. The zero-order chi connectivity index (χ0) is 31.2. The smallest absolute Gasteiger partial charge is 0.408 e. The van der Waals surface area contributed by atoms with Crippen LogP contribution in [0.25, 0.3) is 0 Å². The number of alkyl carbamates (subject to hydrolysis) is 2. The van der Waals surface area contributed by atoms with E-state index in [1.807, 2.05) is 6.07 Å². The molecule has 1 aromatic rings. The molecule has 13 nitrogen and oxygen atoms in total. The number of unbranched alkanes of at least 4 members (excludes halogenated alkanes) is 1. The third-order valence-corrected chi connectivity index (χ3v) is 5.41. The molecular weight excluding hydrogens is 532 g/mol. The summed E-state index contributed by atoms with van der Waals surface area (Å²) in [7, 11) is 0. The maximum atomic E-state index is 13.3. The molecule has 3 unspecified atom stereocenters. The lowest BCUT2D eigenvalue weighted by Crippen LogP contribution is -2.57. The maximum Gasteiger partial charge on any atom is 0.408 e. The summed E-state index contributed by atoms with van der Waals surface area (Å²) in [6, 6.07) is 5.98. The lowest BCUT2D eigenvalue weighted by molar-refractivity contribution is -0.132. The van der Waals surface area contributed by atoms with Gasteiger partial charge in [-0.1, -0.05) is 30.3 Å². The zero-order valence-electron chi connectivity index (χ0n) is 25.1. The van der Waals surface area contributed by atoms with E-state index in [9.17, 15) is 24.0 Å². The molecule has 1 aromatic carbocycles. The summed E-state index contributed by atoms with van der Waals surface area (Å²) in [5.74, 6) is 3.52. The van der Waals surface area contributed by atoms with Crippen molar-refractivity contribution in [2.75, 3.05) is 6.54 Å². The van der Waals surface area contributed by atoms with E-state index in [0.29, 0.717) is 19.4 Å². The molecule has 0 saturated carbocycles. The highest BCUT2D eigenvalue weighted by atomic mass is 16.6. The second kappa shape index (κ2) is 16.4. The Kier molecular flexibility index (Phi) is 14.1. The van der Waals surface area contributed by atoms with E-state index < -0.39 is 59.2 Å². The Balaban J connectivity index is 2.85. The Bertz CT molecular complexity index is 1020. The molecule has 0 bridgehead atoms. The first-order valence-corrected chi connectivity index (χ1v) is 13.6. The van der Waals surface area contributed by atoms with E-state index in [4.69, 9.17) is 15.3 Å². The summed E-state index contributed by atoms with van der Waals surface area (Å²) in [6.45, 7) is 12.2. The number of hydrogen-bond donors (Lipinski definition) is 6. The Morgan fingerprint density at radius 3 is 1.88 bits per heavy atom. The van der Waals surface area contributed by atoms with Crippen molar-refractivity contribution >= 4 is 29.9 Å². The Hall–Kier alpha value is -3.87. The number of rotatable bonds is 13. The van der Waals surface area contributed by atoms with Crippen molar-refractivity contribution in [1.82, 2.24) is 26.7 Å². The number of hydrazine groups is 1. The minimum Gasteiger partial charge on any atom is -0.444 e. The number of ether oxygens (including phenoxy) is 2. The van der Waals surface area contributed by atoms with Crippen molar-refractivity contribution in [1.29, 1.82) is 0 Å². The summed E-state index contributed by atoms with van der Waals surface area (Å²) in [5.41, 5.74) is 1.46. The van der Waals surface area contributed by atoms with Crippen LogP contribution in [0.3, 0.4) is 0 Å². The van der Waals surface area contributed by atoms with Crippen LogP contribution in [-0.4, -0.2) is 65.8 Å². The van der Waals surface area contributed by atoms with Crippen LogP contribution in [0.1, 0.15) is 73.3 Å². The van der Waals surface area contributed by atoms with Crippen LogP contribution >= 0.6 is 0 Å². The van der Waals surface area contributed by atoms with Gasteiger partial charge in [-0.15, -0.1) is 0 Å². The normalized spacial score (nSPS) is 13.6. The number of nitrogens with two attached hydrogens (primary N) is 1. The van der Waals surface area contributed by atoms with Crippen molar-refractivity contribution in [3.8, 4) is 0 Å². The fourth-order valence-corrected chi connectivity index (χ4v) is 3.53. The second-order valence-electron chi connectivity index (χ2n) is 11.6. The van der Waals surface area contributed by atoms with Crippen molar-refractivity contribution < 1.29 is 33.4 Å². The Morgan fingerprint density at radius 1 is 0.756 bits per heavy atom. The topological polar surface area (TPSA) is 190 Å². The molecule has 230 valence electrons. The molecule has 5 amide bonds. The van der Waals surface area contributed by atoms with Gasteiger partial charge in [0.15, 0.2) is 0 Å². The van der Waals surface area contributed by atoms with Crippen molar-refractivity contribution in [3.05, 3.63) is 35.9 Å². The molecule has 0 aliphatic heterocycles. The molecule has 0 aliphatic carbocycles. The third-order valence-electron chi connectivity index (χ3n) is 5.41. The number of benzene rings is 1. The lowest BCUT2D eigenvalue weighted by atomic mass is 10.0. The molecule has 7 N–H and O–H groups in total. The van der Waals surface area contributed by atoms with Crippen molar-refractivity contribution in [2.24, 2.45) is 5.84 Å². The van der Waals surface area contributed by atoms with Gasteiger partial charge in [-0.25, -0.2) is 15.4 Å². The molecule has 0 heterocycles. The van der Waals surface area contributed by atoms with Crippen LogP contribution in [0.15, 0.2) is 30.3 Å². The molecule has 0 aromatic heterocycles. The second-order valence-corrected chi connectivity index (χ2v) is 11.6. The van der Waals surface area contributed by atoms with E-state index in [-0.39, 0.29) is 12.8 Å². The van der Waals surface area contributed by atoms with Crippen LogP contribution < -0.4 is 32.5 Å². The molecular formula is C28H46N6O7. The molecule has 13 heteroatoms. The highest BCUT2D eigenvalue weighted by Crippen LogP contribution is 2.09. The van der Waals surface area contributed by atoms with Gasteiger partial charge < -0.3 is 30.7 Å². The van der Waals surface area contributed by atoms with E-state index in [2.05, 4.69) is 26.7 Å². The van der Waals surface area contributed by atoms with Gasteiger partial charge in [-0.2, -0.15) is 0 Å². The molecule has 0 fully saturated rings. The highest BCUT2D eigenvalue weighted by molar-refractivity contribution is 5.93. The Labute approximate surface area is 242 Å².